The van der Waals surface area contributed by atoms with E-state index in [0.29, 0.717) is 0 Å². The molecule has 14 heavy (non-hydrogen) atoms. The third-order valence-electron chi connectivity index (χ3n) is 1.75. The Kier molecular flexibility index (Phi) is 3.15. The van der Waals surface area contributed by atoms with E-state index < -0.39 is 0 Å². The molecule has 0 aliphatic heterocycles. The number of rotatable bonds is 4. The molecular weight excluding hydrogens is 264 g/mol. The number of aromatic nitrogens is 3. The van der Waals surface area contributed by atoms with E-state index >= 15 is 0 Å². The Bertz CT molecular complexity index is 384. The molecule has 0 aliphatic carbocycles. The molecule has 0 aliphatic rings. The van der Waals surface area contributed by atoms with E-state index in [2.05, 4.69) is 36.2 Å². The Morgan fingerprint density at radius 2 is 2.43 bits per heavy atom. The number of imidazole rings is 1. The van der Waals surface area contributed by atoms with E-state index in [9.17, 15) is 0 Å². The zero-order chi connectivity index (χ0) is 9.80. The van der Waals surface area contributed by atoms with Gasteiger partial charge in [-0.2, -0.15) is 0 Å². The quantitative estimate of drug-likeness (QED) is 0.898. The highest BCUT2D eigenvalue weighted by Gasteiger charge is 2.01. The first-order valence-corrected chi connectivity index (χ1v) is 5.84. The Morgan fingerprint density at radius 3 is 3.07 bits per heavy atom. The van der Waals surface area contributed by atoms with Crippen molar-refractivity contribution in [3.63, 3.8) is 0 Å². The molecule has 2 aromatic heterocycles. The predicted octanol–water partition coefficient (Wildman–Crippen LogP) is 2.28. The number of halogens is 1. The summed E-state index contributed by atoms with van der Waals surface area (Å²) in [6, 6.07) is 0. The lowest BCUT2D eigenvalue weighted by Gasteiger charge is -2.00. The average Bonchev–Trinajstić information content (AvgIpc) is 2.78. The van der Waals surface area contributed by atoms with Gasteiger partial charge in [0.2, 0.25) is 0 Å². The summed E-state index contributed by atoms with van der Waals surface area (Å²) >= 11 is 4.97. The highest BCUT2D eigenvalue weighted by Crippen LogP contribution is 2.13. The van der Waals surface area contributed by atoms with Gasteiger partial charge >= 0.3 is 0 Å². The third kappa shape index (κ3) is 2.33. The SMILES string of the molecule is Brc1nc[nH]c1CCNc1nccs1. The lowest BCUT2D eigenvalue weighted by Crippen LogP contribution is -2.04. The van der Waals surface area contributed by atoms with Crippen LogP contribution in [0, 0.1) is 0 Å². The summed E-state index contributed by atoms with van der Waals surface area (Å²) in [6.45, 7) is 0.855. The molecule has 0 spiro atoms. The van der Waals surface area contributed by atoms with Crippen molar-refractivity contribution in [1.29, 1.82) is 0 Å². The number of nitrogens with one attached hydrogen (secondary N) is 2. The monoisotopic (exact) mass is 272 g/mol. The molecule has 0 radical (unpaired) electrons. The zero-order valence-corrected chi connectivity index (χ0v) is 9.73. The lowest BCUT2D eigenvalue weighted by atomic mass is 10.3. The minimum atomic E-state index is 0.855. The average molecular weight is 273 g/mol. The van der Waals surface area contributed by atoms with Crippen LogP contribution >= 0.6 is 27.3 Å². The summed E-state index contributed by atoms with van der Waals surface area (Å²) in [4.78, 5) is 11.3. The smallest absolute Gasteiger partial charge is 0.182 e. The maximum atomic E-state index is 4.13. The summed E-state index contributed by atoms with van der Waals surface area (Å²) < 4.78 is 0.887. The summed E-state index contributed by atoms with van der Waals surface area (Å²) in [5, 5.41) is 6.14. The van der Waals surface area contributed by atoms with Crippen molar-refractivity contribution >= 4 is 32.4 Å². The highest BCUT2D eigenvalue weighted by molar-refractivity contribution is 9.10. The Morgan fingerprint density at radius 1 is 1.50 bits per heavy atom. The van der Waals surface area contributed by atoms with Crippen LogP contribution in [0.4, 0.5) is 5.13 Å². The van der Waals surface area contributed by atoms with Crippen molar-refractivity contribution in [2.75, 3.05) is 11.9 Å². The first kappa shape index (κ1) is 9.67. The van der Waals surface area contributed by atoms with Crippen molar-refractivity contribution < 1.29 is 0 Å². The van der Waals surface area contributed by atoms with Gasteiger partial charge in [0.05, 0.1) is 12.0 Å². The molecule has 2 aromatic rings. The standard InChI is InChI=1S/C8H9BrN4S/c9-7-6(12-5-13-7)1-2-10-8-11-3-4-14-8/h3-5H,1-2H2,(H,10,11)(H,12,13). The van der Waals surface area contributed by atoms with Crippen LogP contribution in [0.1, 0.15) is 5.69 Å². The van der Waals surface area contributed by atoms with E-state index in [0.717, 1.165) is 28.4 Å². The number of anilines is 1. The van der Waals surface area contributed by atoms with Crippen molar-refractivity contribution in [3.05, 3.63) is 28.2 Å². The van der Waals surface area contributed by atoms with Gasteiger partial charge in [-0.05, 0) is 15.9 Å². The van der Waals surface area contributed by atoms with Crippen LogP contribution in [-0.4, -0.2) is 21.5 Å². The van der Waals surface area contributed by atoms with Gasteiger partial charge in [-0.1, -0.05) is 0 Å². The number of nitrogens with zero attached hydrogens (tertiary/aromatic N) is 2. The van der Waals surface area contributed by atoms with Gasteiger partial charge in [-0.25, -0.2) is 9.97 Å². The van der Waals surface area contributed by atoms with Gasteiger partial charge < -0.3 is 10.3 Å². The minimum Gasteiger partial charge on any atom is -0.361 e. The molecule has 0 bridgehead atoms. The van der Waals surface area contributed by atoms with Crippen LogP contribution in [0.2, 0.25) is 0 Å². The number of aromatic amines is 1. The van der Waals surface area contributed by atoms with E-state index in [4.69, 9.17) is 0 Å². The van der Waals surface area contributed by atoms with E-state index in [1.165, 1.54) is 0 Å². The second-order valence-corrected chi connectivity index (χ2v) is 4.33. The fourth-order valence-electron chi connectivity index (χ4n) is 1.08. The van der Waals surface area contributed by atoms with Crippen LogP contribution < -0.4 is 5.32 Å². The van der Waals surface area contributed by atoms with Crippen LogP contribution in [0.3, 0.4) is 0 Å². The van der Waals surface area contributed by atoms with Crippen LogP contribution in [0.25, 0.3) is 0 Å². The molecule has 0 saturated heterocycles. The van der Waals surface area contributed by atoms with Crippen molar-refractivity contribution in [2.24, 2.45) is 0 Å². The molecular formula is C8H9BrN4S. The molecule has 2 N–H and O–H groups in total. The Balaban J connectivity index is 1.81. The third-order valence-corrected chi connectivity index (χ3v) is 3.16. The first-order chi connectivity index (χ1) is 6.86. The van der Waals surface area contributed by atoms with E-state index in [1.54, 1.807) is 23.9 Å². The molecule has 0 fully saturated rings. The highest BCUT2D eigenvalue weighted by atomic mass is 79.9. The lowest BCUT2D eigenvalue weighted by molar-refractivity contribution is 0.967. The Labute approximate surface area is 93.9 Å². The second kappa shape index (κ2) is 4.56. The normalized spacial score (nSPS) is 10.4. The van der Waals surface area contributed by atoms with E-state index in [-0.39, 0.29) is 0 Å². The second-order valence-electron chi connectivity index (χ2n) is 2.69. The largest absolute Gasteiger partial charge is 0.361 e. The molecule has 0 unspecified atom stereocenters. The molecule has 2 rings (SSSR count). The molecule has 0 amide bonds. The predicted molar refractivity (Wildman–Crippen MR) is 60.6 cm³/mol. The van der Waals surface area contributed by atoms with E-state index in [1.807, 2.05) is 5.38 Å². The summed E-state index contributed by atoms with van der Waals surface area (Å²) in [7, 11) is 0. The fraction of sp³-hybridized carbons (Fsp3) is 0.250. The fourth-order valence-corrected chi connectivity index (χ4v) is 2.06. The maximum Gasteiger partial charge on any atom is 0.182 e. The van der Waals surface area contributed by atoms with Crippen LogP contribution in [0.15, 0.2) is 22.5 Å². The minimum absolute atomic E-state index is 0.855. The maximum absolute atomic E-state index is 4.13. The van der Waals surface area contributed by atoms with Gasteiger partial charge in [0.25, 0.3) is 0 Å². The zero-order valence-electron chi connectivity index (χ0n) is 7.33. The van der Waals surface area contributed by atoms with Gasteiger partial charge in [-0.3, -0.25) is 0 Å². The molecule has 0 atom stereocenters. The van der Waals surface area contributed by atoms with Crippen LogP contribution in [0.5, 0.6) is 0 Å². The number of H-pyrrole nitrogens is 1. The molecule has 6 heteroatoms. The van der Waals surface area contributed by atoms with Crippen LogP contribution in [-0.2, 0) is 6.42 Å². The molecule has 2 heterocycles. The summed E-state index contributed by atoms with van der Waals surface area (Å²) in [5.74, 6) is 0. The van der Waals surface area contributed by atoms with Gasteiger partial charge in [-0.15, -0.1) is 11.3 Å². The summed E-state index contributed by atoms with van der Waals surface area (Å²) in [6.07, 6.45) is 4.38. The molecule has 4 nitrogen and oxygen atoms in total. The molecule has 74 valence electrons. The van der Waals surface area contributed by atoms with Crippen molar-refractivity contribution in [1.82, 2.24) is 15.0 Å². The van der Waals surface area contributed by atoms with Gasteiger partial charge in [0, 0.05) is 24.5 Å². The number of thiazole rings is 1. The topological polar surface area (TPSA) is 53.6 Å². The number of hydrogen-bond acceptors (Lipinski definition) is 4. The summed E-state index contributed by atoms with van der Waals surface area (Å²) in [5.41, 5.74) is 1.11. The molecule has 0 aromatic carbocycles. The van der Waals surface area contributed by atoms with Crippen molar-refractivity contribution in [2.45, 2.75) is 6.42 Å². The Hall–Kier alpha value is -0.880. The van der Waals surface area contributed by atoms with Gasteiger partial charge in [0.15, 0.2) is 5.13 Å². The molecule has 0 saturated carbocycles. The first-order valence-electron chi connectivity index (χ1n) is 4.17. The number of hydrogen-bond donors (Lipinski definition) is 2. The van der Waals surface area contributed by atoms with Gasteiger partial charge in [0.1, 0.15) is 4.60 Å². The van der Waals surface area contributed by atoms with Crippen molar-refractivity contribution in [3.8, 4) is 0 Å².